The maximum atomic E-state index is 3.52. The van der Waals surface area contributed by atoms with Crippen LogP contribution in [0, 0.1) is 6.92 Å². The minimum Gasteiger partial charge on any atom is -0.384 e. The number of para-hydroxylation sites is 1. The van der Waals surface area contributed by atoms with Gasteiger partial charge in [-0.3, -0.25) is 0 Å². The normalized spacial score (nSPS) is 10.9. The van der Waals surface area contributed by atoms with E-state index in [-0.39, 0.29) is 0 Å². The minimum absolute atomic E-state index is 0.960. The van der Waals surface area contributed by atoms with E-state index in [0.717, 1.165) is 19.4 Å². The maximum Gasteiger partial charge on any atom is 0.0369 e. The summed E-state index contributed by atoms with van der Waals surface area (Å²) >= 11 is 0. The molecule has 104 valence electrons. The predicted molar refractivity (Wildman–Crippen MR) is 89.1 cm³/mol. The molecule has 0 spiro atoms. The van der Waals surface area contributed by atoms with Crippen molar-refractivity contribution in [1.82, 2.24) is 0 Å². The van der Waals surface area contributed by atoms with Crippen molar-refractivity contribution in [3.8, 4) is 0 Å². The predicted octanol–water partition coefficient (Wildman–Crippen LogP) is 5.07. The lowest BCUT2D eigenvalue weighted by Gasteiger charge is -2.10. The third-order valence-corrected chi connectivity index (χ3v) is 3.44. The van der Waals surface area contributed by atoms with E-state index in [0.29, 0.717) is 0 Å². The van der Waals surface area contributed by atoms with Crippen LogP contribution >= 0.6 is 0 Å². The fourth-order valence-electron chi connectivity index (χ4n) is 2.27. The van der Waals surface area contributed by atoms with E-state index in [1.165, 1.54) is 22.4 Å². The zero-order valence-corrected chi connectivity index (χ0v) is 12.4. The second kappa shape index (κ2) is 7.54. The van der Waals surface area contributed by atoms with Gasteiger partial charge in [-0.2, -0.15) is 0 Å². The lowest BCUT2D eigenvalue weighted by molar-refractivity contribution is 1.01. The number of hydrogen-bond acceptors (Lipinski definition) is 1. The van der Waals surface area contributed by atoms with E-state index >= 15 is 0 Å². The quantitative estimate of drug-likeness (QED) is 0.768. The standard InChI is InChI=1S/C19H23N/c1-3-4-10-17-11-6-7-12-18(17)14-15-20-19-13-8-5-9-16(19)2/h4-13,20H,3,14-15H2,1-2H3/b10-4-. The minimum atomic E-state index is 0.960. The van der Waals surface area contributed by atoms with E-state index in [9.17, 15) is 0 Å². The third-order valence-electron chi connectivity index (χ3n) is 3.44. The molecule has 2 aromatic carbocycles. The molecule has 0 amide bonds. The number of hydrogen-bond donors (Lipinski definition) is 1. The molecule has 2 aromatic rings. The van der Waals surface area contributed by atoms with Gasteiger partial charge in [-0.1, -0.05) is 61.5 Å². The van der Waals surface area contributed by atoms with Gasteiger partial charge in [0.15, 0.2) is 0 Å². The van der Waals surface area contributed by atoms with Gasteiger partial charge in [-0.15, -0.1) is 0 Å². The molecule has 0 atom stereocenters. The van der Waals surface area contributed by atoms with Crippen LogP contribution in [0.2, 0.25) is 0 Å². The molecule has 0 radical (unpaired) electrons. The lowest BCUT2D eigenvalue weighted by Crippen LogP contribution is -2.06. The smallest absolute Gasteiger partial charge is 0.0369 e. The summed E-state index contributed by atoms with van der Waals surface area (Å²) in [6.07, 6.45) is 6.56. The molecule has 0 unspecified atom stereocenters. The van der Waals surface area contributed by atoms with Crippen LogP contribution in [0.25, 0.3) is 6.08 Å². The Morgan fingerprint density at radius 1 is 1.00 bits per heavy atom. The Morgan fingerprint density at radius 2 is 1.75 bits per heavy atom. The monoisotopic (exact) mass is 265 g/mol. The van der Waals surface area contributed by atoms with E-state index in [2.05, 4.69) is 79.8 Å². The van der Waals surface area contributed by atoms with Crippen LogP contribution in [0.4, 0.5) is 5.69 Å². The van der Waals surface area contributed by atoms with Crippen molar-refractivity contribution < 1.29 is 0 Å². The molecule has 0 aromatic heterocycles. The third kappa shape index (κ3) is 3.99. The lowest BCUT2D eigenvalue weighted by atomic mass is 10.0. The molecule has 1 heteroatoms. The van der Waals surface area contributed by atoms with Crippen LogP contribution in [0.15, 0.2) is 54.6 Å². The highest BCUT2D eigenvalue weighted by atomic mass is 14.9. The van der Waals surface area contributed by atoms with E-state index in [4.69, 9.17) is 0 Å². The van der Waals surface area contributed by atoms with Gasteiger partial charge in [0.1, 0.15) is 0 Å². The summed E-state index contributed by atoms with van der Waals surface area (Å²) in [5.74, 6) is 0. The Balaban J connectivity index is 1.98. The van der Waals surface area contributed by atoms with E-state index in [1.807, 2.05) is 0 Å². The average Bonchev–Trinajstić information content (AvgIpc) is 2.48. The van der Waals surface area contributed by atoms with Gasteiger partial charge in [-0.05, 0) is 42.5 Å². The molecule has 0 saturated carbocycles. The Labute approximate surface area is 122 Å². The van der Waals surface area contributed by atoms with Gasteiger partial charge in [0.05, 0.1) is 0 Å². The summed E-state index contributed by atoms with van der Waals surface area (Å²) in [6.45, 7) is 5.26. The fourth-order valence-corrected chi connectivity index (χ4v) is 2.27. The number of benzene rings is 2. The first kappa shape index (κ1) is 14.4. The molecule has 0 bridgehead atoms. The second-order valence-electron chi connectivity index (χ2n) is 5.00. The Bertz CT molecular complexity index is 569. The van der Waals surface area contributed by atoms with Crippen molar-refractivity contribution in [2.45, 2.75) is 26.7 Å². The Hall–Kier alpha value is -2.02. The molecule has 20 heavy (non-hydrogen) atoms. The van der Waals surface area contributed by atoms with Crippen molar-refractivity contribution in [2.75, 3.05) is 11.9 Å². The zero-order chi connectivity index (χ0) is 14.2. The highest BCUT2D eigenvalue weighted by Crippen LogP contribution is 2.15. The van der Waals surface area contributed by atoms with Gasteiger partial charge < -0.3 is 5.32 Å². The Morgan fingerprint density at radius 3 is 2.55 bits per heavy atom. The zero-order valence-electron chi connectivity index (χ0n) is 12.4. The first-order chi connectivity index (χ1) is 9.81. The first-order valence-corrected chi connectivity index (χ1v) is 7.35. The number of nitrogens with one attached hydrogen (secondary N) is 1. The summed E-state index contributed by atoms with van der Waals surface area (Å²) < 4.78 is 0. The summed E-state index contributed by atoms with van der Waals surface area (Å²) in [5, 5.41) is 3.52. The van der Waals surface area contributed by atoms with E-state index in [1.54, 1.807) is 0 Å². The first-order valence-electron chi connectivity index (χ1n) is 7.35. The second-order valence-corrected chi connectivity index (χ2v) is 5.00. The topological polar surface area (TPSA) is 12.0 Å². The van der Waals surface area contributed by atoms with Gasteiger partial charge in [0.25, 0.3) is 0 Å². The SMILES string of the molecule is CC/C=C\c1ccccc1CCNc1ccccc1C. The largest absolute Gasteiger partial charge is 0.384 e. The summed E-state index contributed by atoms with van der Waals surface area (Å²) in [4.78, 5) is 0. The van der Waals surface area contributed by atoms with Crippen LogP contribution in [0.3, 0.4) is 0 Å². The molecule has 0 fully saturated rings. The van der Waals surface area contributed by atoms with Crippen LogP contribution in [-0.4, -0.2) is 6.54 Å². The van der Waals surface area contributed by atoms with Crippen LogP contribution < -0.4 is 5.32 Å². The maximum absolute atomic E-state index is 3.52. The van der Waals surface area contributed by atoms with Crippen LogP contribution in [0.1, 0.15) is 30.0 Å². The molecule has 0 aliphatic rings. The van der Waals surface area contributed by atoms with Crippen molar-refractivity contribution in [3.05, 3.63) is 71.3 Å². The highest BCUT2D eigenvalue weighted by Gasteiger charge is 2.00. The molecule has 0 saturated heterocycles. The highest BCUT2D eigenvalue weighted by molar-refractivity contribution is 5.54. The van der Waals surface area contributed by atoms with Crippen LogP contribution in [0.5, 0.6) is 0 Å². The molecule has 1 nitrogen and oxygen atoms in total. The molecule has 0 aliphatic carbocycles. The van der Waals surface area contributed by atoms with E-state index < -0.39 is 0 Å². The van der Waals surface area contributed by atoms with Crippen molar-refractivity contribution in [2.24, 2.45) is 0 Å². The van der Waals surface area contributed by atoms with Crippen molar-refractivity contribution >= 4 is 11.8 Å². The van der Waals surface area contributed by atoms with Gasteiger partial charge in [0.2, 0.25) is 0 Å². The summed E-state index contributed by atoms with van der Waals surface area (Å²) in [5.41, 5.74) is 5.26. The summed E-state index contributed by atoms with van der Waals surface area (Å²) in [6, 6.07) is 17.1. The molecule has 0 aliphatic heterocycles. The Kier molecular flexibility index (Phi) is 5.43. The molecule has 0 heterocycles. The number of anilines is 1. The van der Waals surface area contributed by atoms with Crippen LogP contribution in [-0.2, 0) is 6.42 Å². The number of rotatable bonds is 6. The molecule has 2 rings (SSSR count). The molecular formula is C19H23N. The molecular weight excluding hydrogens is 242 g/mol. The fraction of sp³-hybridized carbons (Fsp3) is 0.263. The molecule has 1 N–H and O–H groups in total. The average molecular weight is 265 g/mol. The number of aryl methyl sites for hydroxylation is 1. The van der Waals surface area contributed by atoms with Gasteiger partial charge >= 0.3 is 0 Å². The number of allylic oxidation sites excluding steroid dienone is 1. The van der Waals surface area contributed by atoms with Gasteiger partial charge in [0, 0.05) is 12.2 Å². The van der Waals surface area contributed by atoms with Gasteiger partial charge in [-0.25, -0.2) is 0 Å². The summed E-state index contributed by atoms with van der Waals surface area (Å²) in [7, 11) is 0. The van der Waals surface area contributed by atoms with Crippen molar-refractivity contribution in [1.29, 1.82) is 0 Å². The van der Waals surface area contributed by atoms with Crippen molar-refractivity contribution in [3.63, 3.8) is 0 Å².